The summed E-state index contributed by atoms with van der Waals surface area (Å²) < 4.78 is 27.2. The van der Waals surface area contributed by atoms with Gasteiger partial charge in [-0.25, -0.2) is 18.8 Å². The van der Waals surface area contributed by atoms with Crippen molar-refractivity contribution < 1.29 is 28.2 Å². The second-order valence-corrected chi connectivity index (χ2v) is 13.7. The standard InChI is InChI=1S/C35H42ClFN6O7/c1-35(2,3)30-28(24-7-6-8-25(37)29(24)36)31(45)42(17-18-50-33(47)38-4)34(48)43(30)20-27(44)40-14-12-22(13-15-40)41-16-11-21-19-23(49-5)9-10-26(21)39-32(41)46/h6-10,19,22H,11-18,20H2,1-5H3,(H,38,47)(H,39,46). The number of alkyl carbamates (subject to hydrolysis) is 1. The Labute approximate surface area is 293 Å². The summed E-state index contributed by atoms with van der Waals surface area (Å²) in [5.41, 5.74) is -0.439. The van der Waals surface area contributed by atoms with Crippen molar-refractivity contribution in [2.45, 2.75) is 64.6 Å². The number of ether oxygens (including phenoxy) is 2. The number of fused-ring (bicyclic) bond motifs is 1. The molecule has 0 aliphatic carbocycles. The van der Waals surface area contributed by atoms with Crippen molar-refractivity contribution >= 4 is 35.3 Å². The first kappa shape index (κ1) is 36.4. The molecule has 0 unspecified atom stereocenters. The van der Waals surface area contributed by atoms with Gasteiger partial charge in [-0.3, -0.25) is 18.7 Å². The summed E-state index contributed by atoms with van der Waals surface area (Å²) in [7, 11) is 2.97. The number of carbonyl (C=O) groups is 3. The Morgan fingerprint density at radius 1 is 1.06 bits per heavy atom. The van der Waals surface area contributed by atoms with Crippen LogP contribution in [0.4, 0.5) is 19.7 Å². The molecule has 1 aromatic heterocycles. The topological polar surface area (TPSA) is 144 Å². The summed E-state index contributed by atoms with van der Waals surface area (Å²) >= 11 is 6.40. The number of halogens is 2. The van der Waals surface area contributed by atoms with Gasteiger partial charge in [-0.05, 0) is 49.1 Å². The van der Waals surface area contributed by atoms with E-state index in [0.29, 0.717) is 44.6 Å². The van der Waals surface area contributed by atoms with Gasteiger partial charge >= 0.3 is 17.8 Å². The maximum absolute atomic E-state index is 14.7. The highest BCUT2D eigenvalue weighted by atomic mass is 35.5. The van der Waals surface area contributed by atoms with Crippen molar-refractivity contribution in [3.63, 3.8) is 0 Å². The van der Waals surface area contributed by atoms with E-state index in [4.69, 9.17) is 21.1 Å². The molecule has 5 rings (SSSR count). The van der Waals surface area contributed by atoms with Gasteiger partial charge in [0.15, 0.2) is 0 Å². The Morgan fingerprint density at radius 3 is 2.44 bits per heavy atom. The molecule has 1 fully saturated rings. The monoisotopic (exact) mass is 712 g/mol. The second kappa shape index (κ2) is 15.0. The van der Waals surface area contributed by atoms with Gasteiger partial charge in [0, 0.05) is 55.1 Å². The highest BCUT2D eigenvalue weighted by Crippen LogP contribution is 2.35. The summed E-state index contributed by atoms with van der Waals surface area (Å²) in [6, 6.07) is 9.29. The largest absolute Gasteiger partial charge is 0.497 e. The molecule has 3 aromatic rings. The number of benzene rings is 2. The van der Waals surface area contributed by atoms with E-state index in [1.165, 1.54) is 23.7 Å². The van der Waals surface area contributed by atoms with E-state index in [1.54, 1.807) is 38.8 Å². The minimum atomic E-state index is -0.879. The summed E-state index contributed by atoms with van der Waals surface area (Å²) in [6.07, 6.45) is 0.949. The SMILES string of the molecule is CNC(=O)OCCn1c(=O)c(-c2cccc(F)c2Cl)c(C(C)(C)C)n(CC(=O)N2CCC(N3CCc4cc(OC)ccc4NC3=O)CC2)c1=O. The predicted molar refractivity (Wildman–Crippen MR) is 186 cm³/mol. The fourth-order valence-corrected chi connectivity index (χ4v) is 6.85. The Morgan fingerprint density at radius 2 is 1.78 bits per heavy atom. The average molecular weight is 713 g/mol. The Balaban J connectivity index is 1.42. The molecule has 0 saturated carbocycles. The zero-order valence-electron chi connectivity index (χ0n) is 28.8. The van der Waals surface area contributed by atoms with Crippen LogP contribution in [0.3, 0.4) is 0 Å². The van der Waals surface area contributed by atoms with Crippen LogP contribution in [0.2, 0.25) is 5.02 Å². The molecular formula is C35H42ClFN6O7. The maximum atomic E-state index is 14.7. The molecule has 4 amide bonds. The molecule has 3 heterocycles. The van der Waals surface area contributed by atoms with Crippen LogP contribution in [0.15, 0.2) is 46.0 Å². The van der Waals surface area contributed by atoms with Crippen molar-refractivity contribution in [2.24, 2.45) is 0 Å². The van der Waals surface area contributed by atoms with Crippen LogP contribution in [-0.4, -0.2) is 83.4 Å². The van der Waals surface area contributed by atoms with Gasteiger partial charge in [-0.1, -0.05) is 44.5 Å². The number of hydrogen-bond acceptors (Lipinski definition) is 7. The van der Waals surface area contributed by atoms with Crippen LogP contribution in [-0.2, 0) is 34.5 Å². The third kappa shape index (κ3) is 7.49. The van der Waals surface area contributed by atoms with Crippen LogP contribution in [0, 0.1) is 5.82 Å². The molecule has 15 heteroatoms. The van der Waals surface area contributed by atoms with Crippen molar-refractivity contribution in [3.05, 3.63) is 79.3 Å². The minimum Gasteiger partial charge on any atom is -0.497 e. The van der Waals surface area contributed by atoms with Gasteiger partial charge in [0.1, 0.15) is 24.7 Å². The summed E-state index contributed by atoms with van der Waals surface area (Å²) in [5, 5.41) is 4.99. The van der Waals surface area contributed by atoms with Gasteiger partial charge in [-0.2, -0.15) is 0 Å². The first-order chi connectivity index (χ1) is 23.7. The second-order valence-electron chi connectivity index (χ2n) is 13.3. The number of methoxy groups -OCH3 is 1. The Hall–Kier alpha value is -4.85. The third-order valence-corrected chi connectivity index (χ3v) is 9.48. The Kier molecular flexibility index (Phi) is 10.9. The van der Waals surface area contributed by atoms with E-state index in [-0.39, 0.29) is 53.0 Å². The smallest absolute Gasteiger partial charge is 0.406 e. The molecule has 0 spiro atoms. The van der Waals surface area contributed by atoms with Crippen molar-refractivity contribution in [2.75, 3.05) is 45.7 Å². The van der Waals surface area contributed by atoms with Gasteiger partial charge in [-0.15, -0.1) is 0 Å². The molecule has 1 saturated heterocycles. The number of urea groups is 1. The van der Waals surface area contributed by atoms with Crippen LogP contribution >= 0.6 is 11.6 Å². The van der Waals surface area contributed by atoms with E-state index in [0.717, 1.165) is 21.9 Å². The number of amides is 4. The maximum Gasteiger partial charge on any atom is 0.406 e. The molecule has 268 valence electrons. The number of likely N-dealkylation sites (tertiary alicyclic amines) is 1. The molecule has 0 bridgehead atoms. The van der Waals surface area contributed by atoms with Crippen LogP contribution in [0.25, 0.3) is 11.1 Å². The van der Waals surface area contributed by atoms with E-state index >= 15 is 0 Å². The number of hydrogen-bond donors (Lipinski definition) is 2. The zero-order chi connectivity index (χ0) is 36.3. The molecule has 2 aromatic carbocycles. The van der Waals surface area contributed by atoms with E-state index in [2.05, 4.69) is 10.6 Å². The molecule has 2 N–H and O–H groups in total. The third-order valence-electron chi connectivity index (χ3n) is 9.10. The van der Waals surface area contributed by atoms with Crippen molar-refractivity contribution in [3.8, 4) is 16.9 Å². The summed E-state index contributed by atoms with van der Waals surface area (Å²) in [5.74, 6) is -0.402. The molecule has 2 aliphatic heterocycles. The zero-order valence-corrected chi connectivity index (χ0v) is 29.6. The summed E-state index contributed by atoms with van der Waals surface area (Å²) in [6.45, 7) is 5.50. The first-order valence-corrected chi connectivity index (χ1v) is 16.8. The predicted octanol–water partition coefficient (Wildman–Crippen LogP) is 4.21. The fourth-order valence-electron chi connectivity index (χ4n) is 6.63. The fraction of sp³-hybridized carbons (Fsp3) is 0.457. The normalized spacial score (nSPS) is 15.2. The molecule has 13 nitrogen and oxygen atoms in total. The van der Waals surface area contributed by atoms with Gasteiger partial charge < -0.3 is 29.9 Å². The van der Waals surface area contributed by atoms with Gasteiger partial charge in [0.25, 0.3) is 5.56 Å². The van der Waals surface area contributed by atoms with E-state index < -0.39 is 35.1 Å². The number of aromatic nitrogens is 2. The average Bonchev–Trinajstić information content (AvgIpc) is 3.25. The molecule has 0 atom stereocenters. The van der Waals surface area contributed by atoms with E-state index in [9.17, 15) is 28.4 Å². The number of anilines is 1. The molecule has 50 heavy (non-hydrogen) atoms. The minimum absolute atomic E-state index is 0.0288. The number of nitrogens with zero attached hydrogens (tertiary/aromatic N) is 4. The van der Waals surface area contributed by atoms with Crippen LogP contribution in [0.5, 0.6) is 5.75 Å². The van der Waals surface area contributed by atoms with E-state index in [1.807, 2.05) is 17.0 Å². The highest BCUT2D eigenvalue weighted by Gasteiger charge is 2.34. The molecular weight excluding hydrogens is 671 g/mol. The number of nitrogens with one attached hydrogen (secondary N) is 2. The van der Waals surface area contributed by atoms with Crippen molar-refractivity contribution in [1.29, 1.82) is 0 Å². The Bertz CT molecular complexity index is 1910. The molecule has 2 aliphatic rings. The van der Waals surface area contributed by atoms with Crippen LogP contribution < -0.4 is 26.6 Å². The molecule has 0 radical (unpaired) electrons. The van der Waals surface area contributed by atoms with Crippen molar-refractivity contribution in [1.82, 2.24) is 24.3 Å². The lowest BCUT2D eigenvalue weighted by Crippen LogP contribution is -2.52. The van der Waals surface area contributed by atoms with Crippen LogP contribution in [0.1, 0.15) is 44.9 Å². The lowest BCUT2D eigenvalue weighted by molar-refractivity contribution is -0.133. The lowest BCUT2D eigenvalue weighted by atomic mass is 9.86. The van der Waals surface area contributed by atoms with Gasteiger partial charge in [0.2, 0.25) is 5.91 Å². The van der Waals surface area contributed by atoms with Gasteiger partial charge in [0.05, 0.1) is 24.2 Å². The number of carbonyl (C=O) groups excluding carboxylic acids is 3. The summed E-state index contributed by atoms with van der Waals surface area (Å²) in [4.78, 5) is 70.4. The highest BCUT2D eigenvalue weighted by molar-refractivity contribution is 6.33. The number of piperidine rings is 1. The quantitative estimate of drug-likeness (QED) is 0.356. The number of rotatable bonds is 8. The first-order valence-electron chi connectivity index (χ1n) is 16.4. The lowest BCUT2D eigenvalue weighted by Gasteiger charge is -2.38.